The number of anilines is 2. The van der Waals surface area contributed by atoms with Crippen molar-refractivity contribution >= 4 is 11.6 Å². The lowest BCUT2D eigenvalue weighted by atomic mass is 10.2. The second-order valence-corrected chi connectivity index (χ2v) is 3.97. The zero-order valence-electron chi connectivity index (χ0n) is 11.2. The summed E-state index contributed by atoms with van der Waals surface area (Å²) in [6.45, 7) is 3.49. The summed E-state index contributed by atoms with van der Waals surface area (Å²) in [6, 6.07) is 10.1. The molecule has 0 bridgehead atoms. The van der Waals surface area contributed by atoms with Gasteiger partial charge in [-0.15, -0.1) is 0 Å². The molecule has 5 nitrogen and oxygen atoms in total. The summed E-state index contributed by atoms with van der Waals surface area (Å²) < 4.78 is 5.37. The zero-order valence-corrected chi connectivity index (χ0v) is 11.2. The largest absolute Gasteiger partial charge is 0.490 e. The Morgan fingerprint density at radius 3 is 2.37 bits per heavy atom. The van der Waals surface area contributed by atoms with Gasteiger partial charge in [-0.1, -0.05) is 30.3 Å². The average molecular weight is 258 g/mol. The van der Waals surface area contributed by atoms with Gasteiger partial charge in [-0.05, 0) is 12.5 Å². The van der Waals surface area contributed by atoms with E-state index in [9.17, 15) is 0 Å². The van der Waals surface area contributed by atoms with Crippen LogP contribution in [0.25, 0.3) is 0 Å². The van der Waals surface area contributed by atoms with E-state index in [-0.39, 0.29) is 0 Å². The van der Waals surface area contributed by atoms with Crippen LogP contribution in [0.4, 0.5) is 11.6 Å². The highest BCUT2D eigenvalue weighted by Crippen LogP contribution is 2.28. The molecule has 0 saturated carbocycles. The molecule has 0 unspecified atom stereocenters. The number of hydrogen-bond donors (Lipinski definition) is 2. The van der Waals surface area contributed by atoms with Crippen molar-refractivity contribution in [3.8, 4) is 5.75 Å². The van der Waals surface area contributed by atoms with Crippen LogP contribution in [0.3, 0.4) is 0 Å². The number of rotatable bonds is 6. The van der Waals surface area contributed by atoms with Gasteiger partial charge in [0.05, 0.1) is 7.11 Å². The van der Waals surface area contributed by atoms with Crippen LogP contribution in [0.15, 0.2) is 36.7 Å². The molecule has 2 aromatic rings. The van der Waals surface area contributed by atoms with E-state index in [1.165, 1.54) is 11.9 Å². The van der Waals surface area contributed by atoms with Crippen molar-refractivity contribution in [1.29, 1.82) is 0 Å². The van der Waals surface area contributed by atoms with Crippen molar-refractivity contribution in [2.24, 2.45) is 0 Å². The third kappa shape index (κ3) is 3.34. The molecule has 0 spiro atoms. The number of ether oxygens (including phenoxy) is 1. The highest BCUT2D eigenvalue weighted by molar-refractivity contribution is 5.63. The lowest BCUT2D eigenvalue weighted by Gasteiger charge is -2.13. The molecule has 0 aliphatic rings. The second-order valence-electron chi connectivity index (χ2n) is 3.97. The Balaban J connectivity index is 2.13. The minimum absolute atomic E-state index is 0.639. The molecule has 100 valence electrons. The lowest BCUT2D eigenvalue weighted by molar-refractivity contribution is 0.414. The summed E-state index contributed by atoms with van der Waals surface area (Å²) >= 11 is 0. The number of hydrogen-bond acceptors (Lipinski definition) is 5. The van der Waals surface area contributed by atoms with E-state index in [0.29, 0.717) is 23.9 Å². The maximum Gasteiger partial charge on any atom is 0.204 e. The molecule has 1 aromatic heterocycles. The molecular formula is C14H18N4O. The molecule has 19 heavy (non-hydrogen) atoms. The quantitative estimate of drug-likeness (QED) is 0.833. The molecule has 0 atom stereocenters. The normalized spacial score (nSPS) is 10.0. The molecule has 1 aromatic carbocycles. The molecular weight excluding hydrogens is 240 g/mol. The molecule has 0 saturated heterocycles. The maximum atomic E-state index is 5.37. The minimum atomic E-state index is 0.639. The molecule has 0 aliphatic carbocycles. The smallest absolute Gasteiger partial charge is 0.204 e. The van der Waals surface area contributed by atoms with Crippen LogP contribution < -0.4 is 15.4 Å². The molecule has 0 radical (unpaired) electrons. The summed E-state index contributed by atoms with van der Waals surface area (Å²) in [7, 11) is 1.62. The first kappa shape index (κ1) is 13.1. The van der Waals surface area contributed by atoms with Crippen molar-refractivity contribution in [1.82, 2.24) is 9.97 Å². The van der Waals surface area contributed by atoms with Gasteiger partial charge in [0.15, 0.2) is 11.6 Å². The van der Waals surface area contributed by atoms with E-state index >= 15 is 0 Å². The van der Waals surface area contributed by atoms with Crippen molar-refractivity contribution in [3.63, 3.8) is 0 Å². The summed E-state index contributed by atoms with van der Waals surface area (Å²) in [5, 5.41) is 6.41. The Hall–Kier alpha value is -2.30. The first-order chi connectivity index (χ1) is 9.35. The SMILES string of the molecule is CCNc1ncnc(NCc2ccccc2)c1OC. The standard InChI is InChI=1S/C14H18N4O/c1-3-15-13-12(19-2)14(18-10-17-13)16-9-11-7-5-4-6-8-11/h4-8,10H,3,9H2,1-2H3,(H2,15,16,17,18). The van der Waals surface area contributed by atoms with Gasteiger partial charge in [0, 0.05) is 13.1 Å². The van der Waals surface area contributed by atoms with Crippen LogP contribution in [0, 0.1) is 0 Å². The predicted octanol–water partition coefficient (Wildman–Crippen LogP) is 2.53. The van der Waals surface area contributed by atoms with Crippen molar-refractivity contribution in [3.05, 3.63) is 42.2 Å². The highest BCUT2D eigenvalue weighted by atomic mass is 16.5. The topological polar surface area (TPSA) is 59.1 Å². The fourth-order valence-electron chi connectivity index (χ4n) is 1.77. The molecule has 0 amide bonds. The summed E-state index contributed by atoms with van der Waals surface area (Å²) in [6.07, 6.45) is 1.52. The molecule has 0 fully saturated rings. The maximum absolute atomic E-state index is 5.37. The molecule has 2 rings (SSSR count). The number of methoxy groups -OCH3 is 1. The molecule has 5 heteroatoms. The van der Waals surface area contributed by atoms with Crippen LogP contribution in [0.5, 0.6) is 5.75 Å². The molecule has 0 aliphatic heterocycles. The third-order valence-electron chi connectivity index (χ3n) is 2.65. The Morgan fingerprint density at radius 1 is 1.05 bits per heavy atom. The average Bonchev–Trinajstić information content (AvgIpc) is 2.46. The van der Waals surface area contributed by atoms with Gasteiger partial charge in [0.2, 0.25) is 5.75 Å². The van der Waals surface area contributed by atoms with E-state index in [1.807, 2.05) is 25.1 Å². The minimum Gasteiger partial charge on any atom is -0.490 e. The first-order valence-corrected chi connectivity index (χ1v) is 6.25. The van der Waals surface area contributed by atoms with E-state index in [0.717, 1.165) is 6.54 Å². The van der Waals surface area contributed by atoms with Crippen molar-refractivity contribution in [2.45, 2.75) is 13.5 Å². The van der Waals surface area contributed by atoms with Gasteiger partial charge in [0.1, 0.15) is 6.33 Å². The van der Waals surface area contributed by atoms with Gasteiger partial charge >= 0.3 is 0 Å². The first-order valence-electron chi connectivity index (χ1n) is 6.25. The summed E-state index contributed by atoms with van der Waals surface area (Å²) in [5.74, 6) is 2.04. The van der Waals surface area contributed by atoms with E-state index in [4.69, 9.17) is 4.74 Å². The Labute approximate surface area is 113 Å². The number of nitrogens with zero attached hydrogens (tertiary/aromatic N) is 2. The zero-order chi connectivity index (χ0) is 13.5. The summed E-state index contributed by atoms with van der Waals surface area (Å²) in [4.78, 5) is 8.39. The molecule has 2 N–H and O–H groups in total. The third-order valence-corrected chi connectivity index (χ3v) is 2.65. The van der Waals surface area contributed by atoms with Gasteiger partial charge in [0.25, 0.3) is 0 Å². The van der Waals surface area contributed by atoms with Gasteiger partial charge in [-0.25, -0.2) is 9.97 Å². The van der Waals surface area contributed by atoms with Crippen LogP contribution in [-0.4, -0.2) is 23.6 Å². The van der Waals surface area contributed by atoms with E-state index in [1.54, 1.807) is 7.11 Å². The Morgan fingerprint density at radius 2 is 1.74 bits per heavy atom. The number of aromatic nitrogens is 2. The molecule has 1 heterocycles. The van der Waals surface area contributed by atoms with Crippen LogP contribution in [0.2, 0.25) is 0 Å². The number of benzene rings is 1. The predicted molar refractivity (Wildman–Crippen MR) is 76.5 cm³/mol. The monoisotopic (exact) mass is 258 g/mol. The van der Waals surface area contributed by atoms with Crippen LogP contribution in [-0.2, 0) is 6.54 Å². The number of nitrogens with one attached hydrogen (secondary N) is 2. The summed E-state index contributed by atoms with van der Waals surface area (Å²) in [5.41, 5.74) is 1.19. The van der Waals surface area contributed by atoms with Crippen molar-refractivity contribution < 1.29 is 4.74 Å². The lowest BCUT2D eigenvalue weighted by Crippen LogP contribution is -2.08. The fraction of sp³-hybridized carbons (Fsp3) is 0.286. The van der Waals surface area contributed by atoms with Gasteiger partial charge < -0.3 is 15.4 Å². The van der Waals surface area contributed by atoms with Crippen LogP contribution >= 0.6 is 0 Å². The second kappa shape index (κ2) is 6.58. The Bertz CT molecular complexity index is 516. The Kier molecular flexibility index (Phi) is 4.55. The fourth-order valence-corrected chi connectivity index (χ4v) is 1.77. The van der Waals surface area contributed by atoms with Crippen molar-refractivity contribution in [2.75, 3.05) is 24.3 Å². The van der Waals surface area contributed by atoms with Gasteiger partial charge in [-0.2, -0.15) is 0 Å². The van der Waals surface area contributed by atoms with E-state index < -0.39 is 0 Å². The van der Waals surface area contributed by atoms with Gasteiger partial charge in [-0.3, -0.25) is 0 Å². The highest BCUT2D eigenvalue weighted by Gasteiger charge is 2.10. The van der Waals surface area contributed by atoms with E-state index in [2.05, 4.69) is 32.7 Å². The van der Waals surface area contributed by atoms with Crippen LogP contribution in [0.1, 0.15) is 12.5 Å².